The van der Waals surface area contributed by atoms with Gasteiger partial charge in [-0.25, -0.2) is 14.6 Å². The predicted octanol–water partition coefficient (Wildman–Crippen LogP) is 2.24. The van der Waals surface area contributed by atoms with E-state index in [2.05, 4.69) is 37.5 Å². The molecule has 1 aromatic carbocycles. The fraction of sp³-hybridized carbons (Fsp3) is 0.444. The van der Waals surface area contributed by atoms with Crippen molar-refractivity contribution in [2.75, 3.05) is 25.5 Å². The lowest BCUT2D eigenvalue weighted by molar-refractivity contribution is 0.120. The van der Waals surface area contributed by atoms with Gasteiger partial charge in [-0.2, -0.15) is 0 Å². The zero-order chi connectivity index (χ0) is 17.8. The largest absolute Gasteiger partial charge is 0.376 e. The highest BCUT2D eigenvalue weighted by Crippen LogP contribution is 2.15. The van der Waals surface area contributed by atoms with Crippen LogP contribution in [0.15, 0.2) is 35.2 Å². The first kappa shape index (κ1) is 16.9. The average Bonchev–Trinajstić information content (AvgIpc) is 3.32. The van der Waals surface area contributed by atoms with Gasteiger partial charge < -0.3 is 10.1 Å². The molecule has 1 atom stereocenters. The molecule has 0 amide bonds. The molecule has 2 aromatic heterocycles. The van der Waals surface area contributed by atoms with E-state index in [1.165, 1.54) is 0 Å². The van der Waals surface area contributed by atoms with Gasteiger partial charge in [0.25, 0.3) is 0 Å². The molecule has 8 nitrogen and oxygen atoms in total. The monoisotopic (exact) mass is 354 g/mol. The van der Waals surface area contributed by atoms with Gasteiger partial charge in [0.05, 0.1) is 6.10 Å². The molecule has 4 rings (SSSR count). The number of rotatable bonds is 7. The van der Waals surface area contributed by atoms with Crippen LogP contribution >= 0.6 is 0 Å². The molecular weight excluding hydrogens is 332 g/mol. The molecule has 0 radical (unpaired) electrons. The van der Waals surface area contributed by atoms with Gasteiger partial charge in [-0.15, -0.1) is 0 Å². The Morgan fingerprint density at radius 3 is 2.73 bits per heavy atom. The van der Waals surface area contributed by atoms with Gasteiger partial charge in [0.1, 0.15) is 11.0 Å². The van der Waals surface area contributed by atoms with Crippen LogP contribution in [0.2, 0.25) is 0 Å². The predicted molar refractivity (Wildman–Crippen MR) is 96.5 cm³/mol. The van der Waals surface area contributed by atoms with Crippen LogP contribution in [0.5, 0.6) is 0 Å². The molecule has 3 aromatic rings. The smallest absolute Gasteiger partial charge is 0.222 e. The summed E-state index contributed by atoms with van der Waals surface area (Å²) in [5.74, 6) is 0.649. The maximum Gasteiger partial charge on any atom is 0.222 e. The number of nitrogens with zero attached hydrogens (tertiary/aromatic N) is 5. The van der Waals surface area contributed by atoms with Crippen molar-refractivity contribution in [2.24, 2.45) is 0 Å². The van der Waals surface area contributed by atoms with Crippen molar-refractivity contribution in [3.8, 4) is 0 Å². The van der Waals surface area contributed by atoms with Crippen LogP contribution in [0.1, 0.15) is 24.0 Å². The van der Waals surface area contributed by atoms with E-state index in [0.717, 1.165) is 61.2 Å². The Balaban J connectivity index is 1.29. The van der Waals surface area contributed by atoms with E-state index in [1.807, 2.05) is 30.6 Å². The highest BCUT2D eigenvalue weighted by atomic mass is 16.6. The minimum absolute atomic E-state index is 0.279. The summed E-state index contributed by atoms with van der Waals surface area (Å²) in [4.78, 5) is 11.0. The third kappa shape index (κ3) is 4.14. The van der Waals surface area contributed by atoms with Crippen LogP contribution in [0.3, 0.4) is 0 Å². The first-order valence-corrected chi connectivity index (χ1v) is 8.82. The van der Waals surface area contributed by atoms with Crippen molar-refractivity contribution in [1.29, 1.82) is 0 Å². The lowest BCUT2D eigenvalue weighted by atomic mass is 10.2. The van der Waals surface area contributed by atoms with E-state index >= 15 is 0 Å². The SMILES string of the molecule is CN(Cc1cnc(NC[C@H]2CCCO2)nc1)Cc1ccc2nonc2c1. The van der Waals surface area contributed by atoms with Crippen LogP contribution in [0.4, 0.5) is 5.95 Å². The van der Waals surface area contributed by atoms with E-state index in [0.29, 0.717) is 5.95 Å². The highest BCUT2D eigenvalue weighted by Gasteiger charge is 2.15. The number of fused-ring (bicyclic) bond motifs is 1. The Kier molecular flexibility index (Phi) is 5.03. The van der Waals surface area contributed by atoms with Crippen molar-refractivity contribution < 1.29 is 9.37 Å². The molecule has 1 aliphatic rings. The third-order valence-electron chi connectivity index (χ3n) is 4.44. The topological polar surface area (TPSA) is 89.2 Å². The Labute approximate surface area is 151 Å². The summed E-state index contributed by atoms with van der Waals surface area (Å²) in [5, 5.41) is 10.9. The summed E-state index contributed by atoms with van der Waals surface area (Å²) in [6.45, 7) is 3.18. The number of nitrogens with one attached hydrogen (secondary N) is 1. The fourth-order valence-electron chi connectivity index (χ4n) is 3.14. The maximum atomic E-state index is 5.59. The lowest BCUT2D eigenvalue weighted by Crippen LogP contribution is -2.20. The van der Waals surface area contributed by atoms with Crippen molar-refractivity contribution in [3.05, 3.63) is 41.7 Å². The molecular formula is C18H22N6O2. The molecule has 0 spiro atoms. The molecule has 1 aliphatic heterocycles. The first-order valence-electron chi connectivity index (χ1n) is 8.82. The number of hydrogen-bond acceptors (Lipinski definition) is 8. The van der Waals surface area contributed by atoms with E-state index < -0.39 is 0 Å². The van der Waals surface area contributed by atoms with Gasteiger partial charge in [0, 0.05) is 44.2 Å². The number of anilines is 1. The van der Waals surface area contributed by atoms with Crippen LogP contribution < -0.4 is 5.32 Å². The normalized spacial score (nSPS) is 17.2. The van der Waals surface area contributed by atoms with Crippen molar-refractivity contribution >= 4 is 17.0 Å². The van der Waals surface area contributed by atoms with E-state index in [4.69, 9.17) is 9.37 Å². The molecule has 1 saturated heterocycles. The Morgan fingerprint density at radius 2 is 1.92 bits per heavy atom. The van der Waals surface area contributed by atoms with Crippen LogP contribution in [0, 0.1) is 0 Å². The molecule has 1 N–H and O–H groups in total. The number of aromatic nitrogens is 4. The molecule has 0 saturated carbocycles. The minimum atomic E-state index is 0.279. The Bertz CT molecular complexity index is 844. The summed E-state index contributed by atoms with van der Waals surface area (Å²) in [6, 6.07) is 5.96. The van der Waals surface area contributed by atoms with Crippen LogP contribution in [0.25, 0.3) is 11.0 Å². The summed E-state index contributed by atoms with van der Waals surface area (Å²) in [7, 11) is 2.06. The van der Waals surface area contributed by atoms with E-state index in [-0.39, 0.29) is 6.10 Å². The molecule has 0 bridgehead atoms. The molecule has 136 valence electrons. The van der Waals surface area contributed by atoms with Gasteiger partial charge >= 0.3 is 0 Å². The quantitative estimate of drug-likeness (QED) is 0.691. The van der Waals surface area contributed by atoms with Crippen molar-refractivity contribution in [2.45, 2.75) is 32.0 Å². The summed E-state index contributed by atoms with van der Waals surface area (Å²) in [6.07, 6.45) is 6.25. The van der Waals surface area contributed by atoms with Gasteiger partial charge in [0.15, 0.2) is 0 Å². The minimum Gasteiger partial charge on any atom is -0.376 e. The summed E-state index contributed by atoms with van der Waals surface area (Å²) in [5.41, 5.74) is 3.78. The zero-order valence-electron chi connectivity index (χ0n) is 14.8. The first-order chi connectivity index (χ1) is 12.8. The molecule has 1 fully saturated rings. The van der Waals surface area contributed by atoms with Gasteiger partial charge in [0.2, 0.25) is 5.95 Å². The standard InChI is InChI=1S/C18H22N6O2/c1-24(11-13-4-5-16-17(7-13)23-26-22-16)12-14-8-19-18(20-9-14)21-10-15-3-2-6-25-15/h4-5,7-9,15H,2-3,6,10-12H2,1H3,(H,19,20,21)/t15-/m1/s1. The van der Waals surface area contributed by atoms with Crippen molar-refractivity contribution in [3.63, 3.8) is 0 Å². The summed E-state index contributed by atoms with van der Waals surface area (Å²) < 4.78 is 10.3. The molecule has 8 heteroatoms. The maximum absolute atomic E-state index is 5.59. The number of hydrogen-bond donors (Lipinski definition) is 1. The Hall–Kier alpha value is -2.58. The number of benzene rings is 1. The van der Waals surface area contributed by atoms with E-state index in [9.17, 15) is 0 Å². The van der Waals surface area contributed by atoms with E-state index in [1.54, 1.807) is 0 Å². The second kappa shape index (κ2) is 7.76. The molecule has 26 heavy (non-hydrogen) atoms. The Morgan fingerprint density at radius 1 is 1.12 bits per heavy atom. The van der Waals surface area contributed by atoms with Crippen LogP contribution in [-0.4, -0.2) is 51.5 Å². The zero-order valence-corrected chi connectivity index (χ0v) is 14.8. The third-order valence-corrected chi connectivity index (χ3v) is 4.44. The second-order valence-electron chi connectivity index (χ2n) is 6.69. The van der Waals surface area contributed by atoms with Crippen molar-refractivity contribution in [1.82, 2.24) is 25.2 Å². The molecule has 3 heterocycles. The van der Waals surface area contributed by atoms with Gasteiger partial charge in [-0.1, -0.05) is 6.07 Å². The van der Waals surface area contributed by atoms with Crippen LogP contribution in [-0.2, 0) is 17.8 Å². The van der Waals surface area contributed by atoms with Gasteiger partial charge in [-0.3, -0.25) is 4.90 Å². The number of ether oxygens (including phenoxy) is 1. The molecule has 0 aliphatic carbocycles. The van der Waals surface area contributed by atoms with Gasteiger partial charge in [-0.05, 0) is 47.9 Å². The summed E-state index contributed by atoms with van der Waals surface area (Å²) >= 11 is 0. The molecule has 0 unspecified atom stereocenters. The second-order valence-corrected chi connectivity index (χ2v) is 6.69. The highest BCUT2D eigenvalue weighted by molar-refractivity contribution is 5.73. The average molecular weight is 354 g/mol. The lowest BCUT2D eigenvalue weighted by Gasteiger charge is -2.16. The fourth-order valence-corrected chi connectivity index (χ4v) is 3.14.